The molecular weight excluding hydrogens is 150 g/mol. The SMILES string of the molecule is Cc1nccnc1NC1CCC1. The summed E-state index contributed by atoms with van der Waals surface area (Å²) in [6.45, 7) is 1.98. The van der Waals surface area contributed by atoms with Gasteiger partial charge in [0.15, 0.2) is 0 Å². The molecule has 0 spiro atoms. The summed E-state index contributed by atoms with van der Waals surface area (Å²) in [5, 5.41) is 3.37. The first kappa shape index (κ1) is 7.53. The number of nitrogens with one attached hydrogen (secondary N) is 1. The largest absolute Gasteiger partial charge is 0.366 e. The summed E-state index contributed by atoms with van der Waals surface area (Å²) in [6.07, 6.45) is 7.35. The van der Waals surface area contributed by atoms with Crippen LogP contribution in [0.3, 0.4) is 0 Å². The van der Waals surface area contributed by atoms with Gasteiger partial charge in [0, 0.05) is 18.4 Å². The van der Waals surface area contributed by atoms with Gasteiger partial charge in [0.1, 0.15) is 5.82 Å². The zero-order valence-corrected chi connectivity index (χ0v) is 7.25. The van der Waals surface area contributed by atoms with E-state index in [9.17, 15) is 0 Å². The number of nitrogens with zero attached hydrogens (tertiary/aromatic N) is 2. The van der Waals surface area contributed by atoms with Gasteiger partial charge in [-0.05, 0) is 26.2 Å². The van der Waals surface area contributed by atoms with E-state index < -0.39 is 0 Å². The lowest BCUT2D eigenvalue weighted by Gasteiger charge is -2.27. The first-order valence-electron chi connectivity index (χ1n) is 4.40. The summed E-state index contributed by atoms with van der Waals surface area (Å²) >= 11 is 0. The highest BCUT2D eigenvalue weighted by atomic mass is 15.0. The van der Waals surface area contributed by atoms with Crippen molar-refractivity contribution in [2.24, 2.45) is 0 Å². The molecule has 0 atom stereocenters. The quantitative estimate of drug-likeness (QED) is 0.721. The van der Waals surface area contributed by atoms with Gasteiger partial charge in [-0.15, -0.1) is 0 Å². The molecule has 0 bridgehead atoms. The Balaban J connectivity index is 2.06. The van der Waals surface area contributed by atoms with Gasteiger partial charge < -0.3 is 5.32 Å². The molecule has 0 amide bonds. The third kappa shape index (κ3) is 1.40. The third-order valence-corrected chi connectivity index (χ3v) is 2.33. The number of rotatable bonds is 2. The Bertz CT molecular complexity index is 268. The molecule has 1 fully saturated rings. The number of hydrogen-bond donors (Lipinski definition) is 1. The van der Waals surface area contributed by atoms with Crippen molar-refractivity contribution in [2.45, 2.75) is 32.2 Å². The summed E-state index contributed by atoms with van der Waals surface area (Å²) in [5.74, 6) is 0.946. The first-order chi connectivity index (χ1) is 5.86. The fraction of sp³-hybridized carbons (Fsp3) is 0.556. The molecule has 0 aromatic carbocycles. The normalized spacial score (nSPS) is 17.1. The fourth-order valence-electron chi connectivity index (χ4n) is 1.30. The molecule has 0 saturated heterocycles. The van der Waals surface area contributed by atoms with Crippen molar-refractivity contribution in [1.82, 2.24) is 9.97 Å². The topological polar surface area (TPSA) is 37.8 Å². The third-order valence-electron chi connectivity index (χ3n) is 2.33. The van der Waals surface area contributed by atoms with Gasteiger partial charge in [-0.2, -0.15) is 0 Å². The zero-order chi connectivity index (χ0) is 8.39. The van der Waals surface area contributed by atoms with Gasteiger partial charge in [-0.25, -0.2) is 4.98 Å². The second-order valence-corrected chi connectivity index (χ2v) is 3.26. The van der Waals surface area contributed by atoms with E-state index in [2.05, 4.69) is 15.3 Å². The van der Waals surface area contributed by atoms with Crippen LogP contribution in [-0.2, 0) is 0 Å². The van der Waals surface area contributed by atoms with Crippen LogP contribution in [-0.4, -0.2) is 16.0 Å². The van der Waals surface area contributed by atoms with E-state index in [0.29, 0.717) is 6.04 Å². The molecule has 1 N–H and O–H groups in total. The molecule has 2 rings (SSSR count). The van der Waals surface area contributed by atoms with Crippen molar-refractivity contribution in [1.29, 1.82) is 0 Å². The number of hydrogen-bond acceptors (Lipinski definition) is 3. The van der Waals surface area contributed by atoms with Crippen molar-refractivity contribution >= 4 is 5.82 Å². The lowest BCUT2D eigenvalue weighted by atomic mass is 9.93. The van der Waals surface area contributed by atoms with Gasteiger partial charge in [0.2, 0.25) is 0 Å². The minimum absolute atomic E-state index is 0.639. The van der Waals surface area contributed by atoms with Crippen molar-refractivity contribution in [3.05, 3.63) is 18.1 Å². The first-order valence-corrected chi connectivity index (χ1v) is 4.40. The average Bonchev–Trinajstić information content (AvgIpc) is 2.00. The molecule has 0 radical (unpaired) electrons. The molecule has 1 aliphatic carbocycles. The maximum Gasteiger partial charge on any atom is 0.147 e. The molecule has 1 aromatic heterocycles. The molecule has 1 aromatic rings. The number of aryl methyl sites for hydroxylation is 1. The predicted molar refractivity (Wildman–Crippen MR) is 48.0 cm³/mol. The van der Waals surface area contributed by atoms with E-state index in [-0.39, 0.29) is 0 Å². The Hall–Kier alpha value is -1.12. The van der Waals surface area contributed by atoms with Crippen LogP contribution < -0.4 is 5.32 Å². The zero-order valence-electron chi connectivity index (χ0n) is 7.25. The van der Waals surface area contributed by atoms with Crippen LogP contribution in [0.25, 0.3) is 0 Å². The van der Waals surface area contributed by atoms with Crippen LogP contribution in [0.1, 0.15) is 25.0 Å². The van der Waals surface area contributed by atoms with E-state index >= 15 is 0 Å². The number of aromatic nitrogens is 2. The molecule has 0 unspecified atom stereocenters. The molecular formula is C9H13N3. The van der Waals surface area contributed by atoms with Gasteiger partial charge in [-0.1, -0.05) is 0 Å². The highest BCUT2D eigenvalue weighted by Crippen LogP contribution is 2.22. The Kier molecular flexibility index (Phi) is 1.94. The van der Waals surface area contributed by atoms with E-state index in [1.807, 2.05) is 6.92 Å². The van der Waals surface area contributed by atoms with Crippen LogP contribution in [0.2, 0.25) is 0 Å². The maximum absolute atomic E-state index is 4.23. The van der Waals surface area contributed by atoms with Crippen LogP contribution >= 0.6 is 0 Å². The molecule has 1 aliphatic rings. The van der Waals surface area contributed by atoms with E-state index in [4.69, 9.17) is 0 Å². The Morgan fingerprint density at radius 1 is 1.33 bits per heavy atom. The maximum atomic E-state index is 4.23. The number of anilines is 1. The van der Waals surface area contributed by atoms with Crippen molar-refractivity contribution in [2.75, 3.05) is 5.32 Å². The fourth-order valence-corrected chi connectivity index (χ4v) is 1.30. The molecule has 12 heavy (non-hydrogen) atoms. The van der Waals surface area contributed by atoms with Gasteiger partial charge in [0.05, 0.1) is 5.69 Å². The molecule has 3 nitrogen and oxygen atoms in total. The monoisotopic (exact) mass is 163 g/mol. The van der Waals surface area contributed by atoms with E-state index in [0.717, 1.165) is 11.5 Å². The summed E-state index contributed by atoms with van der Waals surface area (Å²) < 4.78 is 0. The summed E-state index contributed by atoms with van der Waals surface area (Å²) in [6, 6.07) is 0.639. The molecule has 3 heteroatoms. The van der Waals surface area contributed by atoms with Crippen LogP contribution in [0.4, 0.5) is 5.82 Å². The van der Waals surface area contributed by atoms with Crippen molar-refractivity contribution in [3.8, 4) is 0 Å². The summed E-state index contributed by atoms with van der Waals surface area (Å²) in [7, 11) is 0. The van der Waals surface area contributed by atoms with Gasteiger partial charge >= 0.3 is 0 Å². The predicted octanol–water partition coefficient (Wildman–Crippen LogP) is 1.75. The van der Waals surface area contributed by atoms with Gasteiger partial charge in [0.25, 0.3) is 0 Å². The Morgan fingerprint density at radius 3 is 2.67 bits per heavy atom. The second kappa shape index (κ2) is 3.09. The molecule has 1 heterocycles. The molecule has 0 aliphatic heterocycles. The average molecular weight is 163 g/mol. The highest BCUT2D eigenvalue weighted by molar-refractivity contribution is 5.39. The lowest BCUT2D eigenvalue weighted by molar-refractivity contribution is 0.444. The Morgan fingerprint density at radius 2 is 2.08 bits per heavy atom. The van der Waals surface area contributed by atoms with Crippen molar-refractivity contribution < 1.29 is 0 Å². The van der Waals surface area contributed by atoms with Crippen LogP contribution in [0, 0.1) is 6.92 Å². The van der Waals surface area contributed by atoms with Crippen LogP contribution in [0.5, 0.6) is 0 Å². The smallest absolute Gasteiger partial charge is 0.147 e. The highest BCUT2D eigenvalue weighted by Gasteiger charge is 2.17. The lowest BCUT2D eigenvalue weighted by Crippen LogP contribution is -2.27. The molecule has 1 saturated carbocycles. The Labute approximate surface area is 72.2 Å². The van der Waals surface area contributed by atoms with Gasteiger partial charge in [-0.3, -0.25) is 4.98 Å². The second-order valence-electron chi connectivity index (χ2n) is 3.26. The van der Waals surface area contributed by atoms with E-state index in [1.54, 1.807) is 12.4 Å². The van der Waals surface area contributed by atoms with Crippen LogP contribution in [0.15, 0.2) is 12.4 Å². The minimum Gasteiger partial charge on any atom is -0.366 e. The molecule has 64 valence electrons. The summed E-state index contributed by atoms with van der Waals surface area (Å²) in [4.78, 5) is 8.39. The standard InChI is InChI=1S/C9H13N3/c1-7-9(11-6-5-10-7)12-8-3-2-4-8/h5-6,8H,2-4H2,1H3,(H,11,12). The van der Waals surface area contributed by atoms with E-state index in [1.165, 1.54) is 19.3 Å². The van der Waals surface area contributed by atoms with Crippen molar-refractivity contribution in [3.63, 3.8) is 0 Å². The minimum atomic E-state index is 0.639. The summed E-state index contributed by atoms with van der Waals surface area (Å²) in [5.41, 5.74) is 0.990.